The molecule has 9 heteroatoms. The zero-order valence-corrected chi connectivity index (χ0v) is 17.9. The number of aromatic nitrogens is 3. The van der Waals surface area contributed by atoms with Crippen molar-refractivity contribution in [2.24, 2.45) is 4.99 Å². The lowest BCUT2D eigenvalue weighted by Crippen LogP contribution is -2.46. The van der Waals surface area contributed by atoms with E-state index in [0.29, 0.717) is 12.6 Å². The quantitative estimate of drug-likeness (QED) is 0.446. The number of nitrogens with one attached hydrogen (secondary N) is 2. The van der Waals surface area contributed by atoms with Gasteiger partial charge in [-0.05, 0) is 35.2 Å². The summed E-state index contributed by atoms with van der Waals surface area (Å²) in [5.41, 5.74) is 1.11. The second-order valence-corrected chi connectivity index (χ2v) is 7.94. The molecule has 0 spiro atoms. The van der Waals surface area contributed by atoms with Crippen LogP contribution in [-0.4, -0.2) is 65.5 Å². The lowest BCUT2D eigenvalue weighted by molar-refractivity contribution is 0.0177. The number of hydrogen-bond donors (Lipinski definition) is 2. The molecule has 0 aliphatic carbocycles. The minimum Gasteiger partial charge on any atom is -0.379 e. The van der Waals surface area contributed by atoms with Crippen LogP contribution >= 0.6 is 11.3 Å². The summed E-state index contributed by atoms with van der Waals surface area (Å²) in [6.45, 7) is 4.91. The first kappa shape index (κ1) is 20.5. The third-order valence-corrected chi connectivity index (χ3v) is 6.03. The molecule has 1 saturated heterocycles. The summed E-state index contributed by atoms with van der Waals surface area (Å²) in [4.78, 5) is 12.6. The predicted molar refractivity (Wildman–Crippen MR) is 119 cm³/mol. The Morgan fingerprint density at radius 3 is 2.87 bits per heavy atom. The maximum atomic E-state index is 5.53. The molecule has 1 fully saturated rings. The van der Waals surface area contributed by atoms with Gasteiger partial charge < -0.3 is 15.4 Å². The Kier molecular flexibility index (Phi) is 7.07. The third kappa shape index (κ3) is 5.24. The van der Waals surface area contributed by atoms with Crippen molar-refractivity contribution in [1.29, 1.82) is 0 Å². The third-order valence-electron chi connectivity index (χ3n) is 5.05. The van der Waals surface area contributed by atoms with Crippen LogP contribution in [0.15, 0.2) is 59.3 Å². The number of nitrogens with zero attached hydrogens (tertiary/aromatic N) is 5. The van der Waals surface area contributed by atoms with Gasteiger partial charge in [0.25, 0.3) is 0 Å². The summed E-state index contributed by atoms with van der Waals surface area (Å²) >= 11 is 1.80. The van der Waals surface area contributed by atoms with Gasteiger partial charge in [0.05, 0.1) is 19.3 Å². The lowest BCUT2D eigenvalue weighted by Gasteiger charge is -2.34. The summed E-state index contributed by atoms with van der Waals surface area (Å²) in [6.07, 6.45) is 5.43. The fraction of sp³-hybridized carbons (Fsp3) is 0.381. The summed E-state index contributed by atoms with van der Waals surface area (Å²) < 4.78 is 7.29. The lowest BCUT2D eigenvalue weighted by atomic mass is 10.2. The average Bonchev–Trinajstić information content (AvgIpc) is 3.52. The van der Waals surface area contributed by atoms with Crippen LogP contribution in [0.3, 0.4) is 0 Å². The maximum Gasteiger partial charge on any atom is 0.191 e. The molecule has 3 aromatic rings. The van der Waals surface area contributed by atoms with Crippen molar-refractivity contribution in [3.8, 4) is 5.82 Å². The largest absolute Gasteiger partial charge is 0.379 e. The number of hydrogen-bond acceptors (Lipinski definition) is 6. The van der Waals surface area contributed by atoms with E-state index in [1.54, 1.807) is 35.5 Å². The Balaban J connectivity index is 1.35. The molecule has 0 radical (unpaired) electrons. The number of pyridine rings is 1. The Labute approximate surface area is 180 Å². The zero-order chi connectivity index (χ0) is 20.6. The molecule has 1 aliphatic heterocycles. The Hall–Kier alpha value is -2.75. The van der Waals surface area contributed by atoms with Gasteiger partial charge in [0.15, 0.2) is 11.8 Å². The average molecular weight is 426 g/mol. The molecule has 1 unspecified atom stereocenters. The molecule has 158 valence electrons. The van der Waals surface area contributed by atoms with Gasteiger partial charge in [-0.3, -0.25) is 9.89 Å². The van der Waals surface area contributed by atoms with Crippen molar-refractivity contribution in [3.63, 3.8) is 0 Å². The van der Waals surface area contributed by atoms with Crippen LogP contribution in [0.25, 0.3) is 5.82 Å². The molecular formula is C21H27N7OS. The van der Waals surface area contributed by atoms with Crippen LogP contribution in [0, 0.1) is 0 Å². The molecular weight excluding hydrogens is 398 g/mol. The van der Waals surface area contributed by atoms with Gasteiger partial charge in [-0.15, -0.1) is 11.3 Å². The van der Waals surface area contributed by atoms with Crippen LogP contribution < -0.4 is 10.6 Å². The minimum absolute atomic E-state index is 0.305. The van der Waals surface area contributed by atoms with E-state index >= 15 is 0 Å². The normalized spacial score (nSPS) is 16.4. The number of aliphatic imine (C=N–C) groups is 1. The van der Waals surface area contributed by atoms with Gasteiger partial charge in [0.1, 0.15) is 0 Å². The van der Waals surface area contributed by atoms with Crippen molar-refractivity contribution in [1.82, 2.24) is 30.3 Å². The van der Waals surface area contributed by atoms with Crippen molar-refractivity contribution in [2.75, 3.05) is 39.9 Å². The highest BCUT2D eigenvalue weighted by Gasteiger charge is 2.23. The molecule has 1 aliphatic rings. The first-order valence-electron chi connectivity index (χ1n) is 10.1. The van der Waals surface area contributed by atoms with Crippen molar-refractivity contribution in [2.45, 2.75) is 12.6 Å². The van der Waals surface area contributed by atoms with Crippen LogP contribution in [0.5, 0.6) is 0 Å². The molecule has 1 atom stereocenters. The number of thiophene rings is 1. The van der Waals surface area contributed by atoms with Gasteiger partial charge in [-0.1, -0.05) is 6.07 Å². The molecule has 2 N–H and O–H groups in total. The molecule has 0 amide bonds. The molecule has 4 rings (SSSR count). The van der Waals surface area contributed by atoms with E-state index in [1.165, 1.54) is 4.88 Å². The molecule has 4 heterocycles. The topological polar surface area (TPSA) is 79.6 Å². The van der Waals surface area contributed by atoms with E-state index in [0.717, 1.165) is 50.2 Å². The SMILES string of the molecule is CN=C(NCc1ccnc(-n2cccn2)c1)NCC(c1cccs1)N1CCOCC1. The molecule has 3 aromatic heterocycles. The Morgan fingerprint density at radius 1 is 1.23 bits per heavy atom. The molecule has 0 aromatic carbocycles. The van der Waals surface area contributed by atoms with E-state index in [1.807, 2.05) is 24.4 Å². The van der Waals surface area contributed by atoms with Crippen molar-refractivity contribution < 1.29 is 4.74 Å². The van der Waals surface area contributed by atoms with Gasteiger partial charge in [0, 0.05) is 56.7 Å². The Bertz CT molecular complexity index is 921. The van der Waals surface area contributed by atoms with Crippen LogP contribution in [0.1, 0.15) is 16.5 Å². The summed E-state index contributed by atoms with van der Waals surface area (Å²) in [5.74, 6) is 1.58. The van der Waals surface area contributed by atoms with Crippen molar-refractivity contribution in [3.05, 3.63) is 64.7 Å². The monoisotopic (exact) mass is 425 g/mol. The fourth-order valence-electron chi connectivity index (χ4n) is 3.48. The smallest absolute Gasteiger partial charge is 0.191 e. The second-order valence-electron chi connectivity index (χ2n) is 6.96. The number of ether oxygens (including phenoxy) is 1. The zero-order valence-electron chi connectivity index (χ0n) is 17.1. The predicted octanol–water partition coefficient (Wildman–Crippen LogP) is 2.07. The number of guanidine groups is 1. The minimum atomic E-state index is 0.305. The maximum absolute atomic E-state index is 5.53. The van der Waals surface area contributed by atoms with Crippen LogP contribution in [0.2, 0.25) is 0 Å². The van der Waals surface area contributed by atoms with E-state index < -0.39 is 0 Å². The number of rotatable bonds is 7. The first-order chi connectivity index (χ1) is 14.8. The van der Waals surface area contributed by atoms with E-state index in [-0.39, 0.29) is 0 Å². The molecule has 0 bridgehead atoms. The highest BCUT2D eigenvalue weighted by molar-refractivity contribution is 7.10. The highest BCUT2D eigenvalue weighted by Crippen LogP contribution is 2.25. The first-order valence-corrected chi connectivity index (χ1v) is 11.0. The van der Waals surface area contributed by atoms with Gasteiger partial charge in [0.2, 0.25) is 0 Å². The second kappa shape index (κ2) is 10.3. The van der Waals surface area contributed by atoms with Gasteiger partial charge >= 0.3 is 0 Å². The fourth-order valence-corrected chi connectivity index (χ4v) is 4.34. The highest BCUT2D eigenvalue weighted by atomic mass is 32.1. The molecule has 30 heavy (non-hydrogen) atoms. The molecule has 0 saturated carbocycles. The summed E-state index contributed by atoms with van der Waals surface area (Å²) in [7, 11) is 1.80. The summed E-state index contributed by atoms with van der Waals surface area (Å²) in [6, 6.07) is 10.5. The van der Waals surface area contributed by atoms with Crippen molar-refractivity contribution >= 4 is 17.3 Å². The van der Waals surface area contributed by atoms with E-state index in [4.69, 9.17) is 4.74 Å². The Morgan fingerprint density at radius 2 is 2.13 bits per heavy atom. The summed E-state index contributed by atoms with van der Waals surface area (Å²) in [5, 5.41) is 13.3. The van der Waals surface area contributed by atoms with Crippen LogP contribution in [0.4, 0.5) is 0 Å². The van der Waals surface area contributed by atoms with Gasteiger partial charge in [-0.25, -0.2) is 9.67 Å². The standard InChI is InChI=1S/C21H27N7OS/c1-22-21(24-15-17-5-7-23-20(14-17)28-8-3-6-26-28)25-16-18(19-4-2-13-30-19)27-9-11-29-12-10-27/h2-8,13-14,18H,9-12,15-16H2,1H3,(H2,22,24,25). The molecule has 8 nitrogen and oxygen atoms in total. The van der Waals surface area contributed by atoms with E-state index in [9.17, 15) is 0 Å². The number of morpholine rings is 1. The van der Waals surface area contributed by atoms with Crippen LogP contribution in [-0.2, 0) is 11.3 Å². The van der Waals surface area contributed by atoms with Gasteiger partial charge in [-0.2, -0.15) is 5.10 Å². The van der Waals surface area contributed by atoms with E-state index in [2.05, 4.69) is 48.1 Å².